The fourth-order valence-corrected chi connectivity index (χ4v) is 2.20. The van der Waals surface area contributed by atoms with Crippen LogP contribution in [0.2, 0.25) is 0 Å². The summed E-state index contributed by atoms with van der Waals surface area (Å²) >= 11 is 0. The Hall–Kier alpha value is -1.36. The molecule has 0 aliphatic carbocycles. The normalized spacial score (nSPS) is 22.1. The number of rotatable bonds is 4. The van der Waals surface area contributed by atoms with Gasteiger partial charge in [-0.1, -0.05) is 6.92 Å². The second-order valence-electron chi connectivity index (χ2n) is 4.49. The van der Waals surface area contributed by atoms with Gasteiger partial charge in [0, 0.05) is 18.9 Å². The van der Waals surface area contributed by atoms with Gasteiger partial charge >= 0.3 is 0 Å². The third-order valence-electron chi connectivity index (χ3n) is 3.24. The fourth-order valence-electron chi connectivity index (χ4n) is 2.20. The number of amides is 1. The number of imidazole rings is 1. The van der Waals surface area contributed by atoms with Crippen LogP contribution in [0.3, 0.4) is 0 Å². The minimum absolute atomic E-state index is 0.000531. The van der Waals surface area contributed by atoms with E-state index in [0.717, 1.165) is 38.2 Å². The van der Waals surface area contributed by atoms with Crippen LogP contribution in [0.25, 0.3) is 0 Å². The summed E-state index contributed by atoms with van der Waals surface area (Å²) in [6.07, 6.45) is 6.40. The Labute approximate surface area is 101 Å². The summed E-state index contributed by atoms with van der Waals surface area (Å²) in [5.41, 5.74) is 0. The van der Waals surface area contributed by atoms with Gasteiger partial charge in [0.25, 0.3) is 0 Å². The number of aromatic nitrogens is 2. The molecule has 94 valence electrons. The van der Waals surface area contributed by atoms with Crippen molar-refractivity contribution in [3.63, 3.8) is 0 Å². The van der Waals surface area contributed by atoms with Crippen LogP contribution in [0.5, 0.6) is 0 Å². The van der Waals surface area contributed by atoms with Crippen LogP contribution >= 0.6 is 0 Å². The average molecular weight is 236 g/mol. The highest BCUT2D eigenvalue weighted by Crippen LogP contribution is 2.15. The van der Waals surface area contributed by atoms with Crippen molar-refractivity contribution in [3.8, 4) is 0 Å². The van der Waals surface area contributed by atoms with E-state index in [0.29, 0.717) is 0 Å². The molecule has 0 spiro atoms. The van der Waals surface area contributed by atoms with E-state index < -0.39 is 0 Å². The predicted octanol–water partition coefficient (Wildman–Crippen LogP) is 0.977. The maximum Gasteiger partial charge on any atom is 0.224 e. The Balaban J connectivity index is 1.92. The first-order chi connectivity index (χ1) is 8.31. The molecule has 1 aliphatic heterocycles. The molecule has 1 amide bonds. The van der Waals surface area contributed by atoms with Crippen molar-refractivity contribution in [1.29, 1.82) is 0 Å². The van der Waals surface area contributed by atoms with Crippen molar-refractivity contribution in [2.24, 2.45) is 5.92 Å². The van der Waals surface area contributed by atoms with E-state index in [1.807, 2.05) is 6.92 Å². The van der Waals surface area contributed by atoms with E-state index in [4.69, 9.17) is 0 Å². The van der Waals surface area contributed by atoms with Crippen LogP contribution in [0.4, 0.5) is 0 Å². The van der Waals surface area contributed by atoms with Crippen LogP contribution in [-0.4, -0.2) is 29.0 Å². The highest BCUT2D eigenvalue weighted by molar-refractivity contribution is 5.79. The molecule has 1 aromatic rings. The van der Waals surface area contributed by atoms with Crippen molar-refractivity contribution in [2.75, 3.05) is 13.1 Å². The molecular formula is C12H20N4O. The molecule has 2 atom stereocenters. The standard InChI is InChI=1S/C12H20N4O/c1-2-10(11-14-6-7-15-11)16-12(17)9-4-3-5-13-8-9/h6-7,9-10,13H,2-5,8H2,1H3,(H,14,15)(H,16,17)/t9-,10?/m0/s1. The summed E-state index contributed by atoms with van der Waals surface area (Å²) in [5.74, 6) is 1.08. The van der Waals surface area contributed by atoms with Gasteiger partial charge in [-0.3, -0.25) is 4.79 Å². The predicted molar refractivity (Wildman–Crippen MR) is 65.4 cm³/mol. The Kier molecular flexibility index (Phi) is 4.14. The molecule has 0 saturated carbocycles. The van der Waals surface area contributed by atoms with Crippen molar-refractivity contribution >= 4 is 5.91 Å². The number of hydrogen-bond acceptors (Lipinski definition) is 3. The first-order valence-corrected chi connectivity index (χ1v) is 6.31. The van der Waals surface area contributed by atoms with E-state index in [9.17, 15) is 4.79 Å². The number of piperidine rings is 1. The van der Waals surface area contributed by atoms with Crippen LogP contribution in [0, 0.1) is 5.92 Å². The maximum atomic E-state index is 12.1. The lowest BCUT2D eigenvalue weighted by Gasteiger charge is -2.24. The van der Waals surface area contributed by atoms with Gasteiger partial charge in [-0.25, -0.2) is 4.98 Å². The molecule has 5 heteroatoms. The van der Waals surface area contributed by atoms with Crippen LogP contribution in [0.1, 0.15) is 38.1 Å². The molecule has 0 bridgehead atoms. The number of carbonyl (C=O) groups excluding carboxylic acids is 1. The Morgan fingerprint density at radius 2 is 2.59 bits per heavy atom. The molecule has 1 aliphatic rings. The average Bonchev–Trinajstić information content (AvgIpc) is 2.90. The summed E-state index contributed by atoms with van der Waals surface area (Å²) in [4.78, 5) is 19.3. The van der Waals surface area contributed by atoms with E-state index in [-0.39, 0.29) is 17.9 Å². The smallest absolute Gasteiger partial charge is 0.224 e. The second kappa shape index (κ2) is 5.82. The lowest BCUT2D eigenvalue weighted by Crippen LogP contribution is -2.41. The van der Waals surface area contributed by atoms with E-state index >= 15 is 0 Å². The largest absolute Gasteiger partial charge is 0.347 e. The zero-order valence-electron chi connectivity index (χ0n) is 10.2. The molecule has 3 N–H and O–H groups in total. The molecule has 1 fully saturated rings. The zero-order valence-corrected chi connectivity index (χ0v) is 10.2. The topological polar surface area (TPSA) is 69.8 Å². The third kappa shape index (κ3) is 3.06. The fraction of sp³-hybridized carbons (Fsp3) is 0.667. The lowest BCUT2D eigenvalue weighted by molar-refractivity contribution is -0.126. The van der Waals surface area contributed by atoms with Crippen molar-refractivity contribution < 1.29 is 4.79 Å². The molecule has 1 aromatic heterocycles. The SMILES string of the molecule is CCC(NC(=O)[C@H]1CCCNC1)c1ncc[nH]1. The summed E-state index contributed by atoms with van der Waals surface area (Å²) in [5, 5.41) is 6.32. The maximum absolute atomic E-state index is 12.1. The number of H-pyrrole nitrogens is 1. The minimum atomic E-state index is -0.000531. The quantitative estimate of drug-likeness (QED) is 0.729. The van der Waals surface area contributed by atoms with Gasteiger partial charge < -0.3 is 15.6 Å². The van der Waals surface area contributed by atoms with Crippen LogP contribution < -0.4 is 10.6 Å². The van der Waals surface area contributed by atoms with Gasteiger partial charge in [-0.05, 0) is 25.8 Å². The van der Waals surface area contributed by atoms with Gasteiger partial charge in [-0.2, -0.15) is 0 Å². The van der Waals surface area contributed by atoms with Gasteiger partial charge in [0.2, 0.25) is 5.91 Å². The number of nitrogens with zero attached hydrogens (tertiary/aromatic N) is 1. The van der Waals surface area contributed by atoms with E-state index in [1.165, 1.54) is 0 Å². The van der Waals surface area contributed by atoms with E-state index in [2.05, 4.69) is 20.6 Å². The molecule has 17 heavy (non-hydrogen) atoms. The van der Waals surface area contributed by atoms with Crippen LogP contribution in [0.15, 0.2) is 12.4 Å². The number of aromatic amines is 1. The minimum Gasteiger partial charge on any atom is -0.347 e. The van der Waals surface area contributed by atoms with Gasteiger partial charge in [0.05, 0.1) is 12.0 Å². The zero-order chi connectivity index (χ0) is 12.1. The summed E-state index contributed by atoms with van der Waals surface area (Å²) in [7, 11) is 0. The number of nitrogens with one attached hydrogen (secondary N) is 3. The van der Waals surface area contributed by atoms with Crippen molar-refractivity contribution in [3.05, 3.63) is 18.2 Å². The Bertz CT molecular complexity index is 343. The van der Waals surface area contributed by atoms with Crippen molar-refractivity contribution in [1.82, 2.24) is 20.6 Å². The molecule has 1 unspecified atom stereocenters. The monoisotopic (exact) mass is 236 g/mol. The first-order valence-electron chi connectivity index (χ1n) is 6.31. The Morgan fingerprint density at radius 3 is 3.18 bits per heavy atom. The summed E-state index contributed by atoms with van der Waals surface area (Å²) in [6.45, 7) is 3.87. The molecular weight excluding hydrogens is 216 g/mol. The Morgan fingerprint density at radius 1 is 1.71 bits per heavy atom. The third-order valence-corrected chi connectivity index (χ3v) is 3.24. The molecule has 0 radical (unpaired) electrons. The molecule has 2 heterocycles. The number of hydrogen-bond donors (Lipinski definition) is 3. The highest BCUT2D eigenvalue weighted by atomic mass is 16.2. The summed E-state index contributed by atoms with van der Waals surface area (Å²) < 4.78 is 0. The number of carbonyl (C=O) groups is 1. The van der Waals surface area contributed by atoms with Crippen LogP contribution in [-0.2, 0) is 4.79 Å². The highest BCUT2D eigenvalue weighted by Gasteiger charge is 2.23. The van der Waals surface area contributed by atoms with Gasteiger partial charge in [0.15, 0.2) is 0 Å². The summed E-state index contributed by atoms with van der Waals surface area (Å²) in [6, 6.07) is -0.000531. The molecule has 2 rings (SSSR count). The first kappa shape index (κ1) is 12.1. The molecule has 1 saturated heterocycles. The lowest BCUT2D eigenvalue weighted by atomic mass is 9.98. The van der Waals surface area contributed by atoms with Crippen molar-refractivity contribution in [2.45, 2.75) is 32.2 Å². The second-order valence-corrected chi connectivity index (χ2v) is 4.49. The van der Waals surface area contributed by atoms with E-state index in [1.54, 1.807) is 12.4 Å². The molecule has 5 nitrogen and oxygen atoms in total. The van der Waals surface area contributed by atoms with Gasteiger partial charge in [-0.15, -0.1) is 0 Å². The van der Waals surface area contributed by atoms with Gasteiger partial charge in [0.1, 0.15) is 5.82 Å². The molecule has 0 aromatic carbocycles.